The molecule has 0 N–H and O–H groups in total. The first-order valence-electron chi connectivity index (χ1n) is 7.64. The highest BCUT2D eigenvalue weighted by Gasteiger charge is 2.60. The first kappa shape index (κ1) is 15.1. The van der Waals surface area contributed by atoms with Gasteiger partial charge in [0.2, 0.25) is 0 Å². The fourth-order valence-corrected chi connectivity index (χ4v) is 4.08. The fourth-order valence-electron chi connectivity index (χ4n) is 3.93. The van der Waals surface area contributed by atoms with Crippen molar-refractivity contribution in [3.8, 4) is 0 Å². The molecule has 1 unspecified atom stereocenters. The van der Waals surface area contributed by atoms with E-state index in [2.05, 4.69) is 11.7 Å². The molecule has 116 valence electrons. The van der Waals surface area contributed by atoms with Crippen molar-refractivity contribution in [2.24, 2.45) is 12.5 Å². The van der Waals surface area contributed by atoms with Crippen LogP contribution in [-0.4, -0.2) is 22.2 Å². The number of aromatic nitrogens is 2. The summed E-state index contributed by atoms with van der Waals surface area (Å²) in [5, 5.41) is 5.04. The summed E-state index contributed by atoms with van der Waals surface area (Å²) >= 11 is 6.08. The molecule has 0 bridgehead atoms. The van der Waals surface area contributed by atoms with E-state index < -0.39 is 5.79 Å². The number of fused-ring (bicyclic) bond motifs is 1. The van der Waals surface area contributed by atoms with Crippen LogP contribution in [0.3, 0.4) is 0 Å². The Kier molecular flexibility index (Phi) is 3.89. The minimum Gasteiger partial charge on any atom is -0.349 e. The molecule has 1 aromatic heterocycles. The van der Waals surface area contributed by atoms with E-state index in [1.807, 2.05) is 26.1 Å². The molecule has 3 atom stereocenters. The fraction of sp³-hybridized carbons (Fsp3) is 0.688. The van der Waals surface area contributed by atoms with Crippen molar-refractivity contribution < 1.29 is 9.47 Å². The quantitative estimate of drug-likeness (QED) is 0.771. The maximum Gasteiger partial charge on any atom is 0.175 e. The minimum absolute atomic E-state index is 0.0849. The molecule has 0 aromatic carbocycles. The largest absolute Gasteiger partial charge is 0.349 e. The number of ether oxygens (including phenoxy) is 2. The van der Waals surface area contributed by atoms with E-state index >= 15 is 0 Å². The summed E-state index contributed by atoms with van der Waals surface area (Å²) in [4.78, 5) is 0. The van der Waals surface area contributed by atoms with E-state index in [0.29, 0.717) is 5.15 Å². The second kappa shape index (κ2) is 5.41. The molecule has 2 aliphatic rings. The van der Waals surface area contributed by atoms with Crippen LogP contribution in [0.4, 0.5) is 0 Å². The highest BCUT2D eigenvalue weighted by molar-refractivity contribution is 6.29. The Balaban J connectivity index is 1.83. The molecule has 1 aliphatic carbocycles. The lowest BCUT2D eigenvalue weighted by Crippen LogP contribution is -2.43. The van der Waals surface area contributed by atoms with Crippen molar-refractivity contribution >= 4 is 11.6 Å². The van der Waals surface area contributed by atoms with Gasteiger partial charge >= 0.3 is 0 Å². The molecule has 0 radical (unpaired) electrons. The van der Waals surface area contributed by atoms with E-state index in [1.54, 1.807) is 4.68 Å². The molecule has 2 fully saturated rings. The maximum atomic E-state index is 6.43. The Bertz CT molecular complexity index is 511. The van der Waals surface area contributed by atoms with Crippen LogP contribution in [0.1, 0.15) is 50.8 Å². The second-order valence-electron chi connectivity index (χ2n) is 6.25. The molecule has 1 saturated heterocycles. The standard InChI is InChI=1S/C16H23ClN2O2/c1-4-6-15-7-5-8-16(15,20-10-9-15)21-12(2)13-11-14(17)19(3)18-13/h4,11-12H,1,5-10H2,2-3H3/t12?,15-,16+/m0/s1. The van der Waals surface area contributed by atoms with Gasteiger partial charge in [0.05, 0.1) is 12.3 Å². The van der Waals surface area contributed by atoms with E-state index in [4.69, 9.17) is 21.1 Å². The molecule has 2 heterocycles. The smallest absolute Gasteiger partial charge is 0.175 e. The molecule has 21 heavy (non-hydrogen) atoms. The topological polar surface area (TPSA) is 36.3 Å². The second-order valence-corrected chi connectivity index (χ2v) is 6.64. The van der Waals surface area contributed by atoms with Crippen molar-refractivity contribution in [3.63, 3.8) is 0 Å². The monoisotopic (exact) mass is 310 g/mol. The highest BCUT2D eigenvalue weighted by atomic mass is 35.5. The van der Waals surface area contributed by atoms with E-state index in [1.165, 1.54) is 0 Å². The molecule has 0 spiro atoms. The van der Waals surface area contributed by atoms with Crippen LogP contribution in [0.2, 0.25) is 5.15 Å². The van der Waals surface area contributed by atoms with Crippen molar-refractivity contribution in [1.82, 2.24) is 9.78 Å². The van der Waals surface area contributed by atoms with E-state index in [0.717, 1.165) is 44.4 Å². The number of hydrogen-bond donors (Lipinski definition) is 0. The zero-order chi connectivity index (χ0) is 15.1. The summed E-state index contributed by atoms with van der Waals surface area (Å²) < 4.78 is 14.2. The Morgan fingerprint density at radius 2 is 2.38 bits per heavy atom. The molecule has 1 aliphatic heterocycles. The molecule has 1 saturated carbocycles. The summed E-state index contributed by atoms with van der Waals surface area (Å²) in [7, 11) is 1.83. The molecule has 3 rings (SSSR count). The average molecular weight is 311 g/mol. The summed E-state index contributed by atoms with van der Waals surface area (Å²) in [5.41, 5.74) is 0.938. The van der Waals surface area contributed by atoms with Crippen LogP contribution < -0.4 is 0 Å². The normalized spacial score (nSPS) is 33.1. The minimum atomic E-state index is -0.482. The van der Waals surface area contributed by atoms with Gasteiger partial charge in [-0.3, -0.25) is 4.68 Å². The third-order valence-corrected chi connectivity index (χ3v) is 5.40. The van der Waals surface area contributed by atoms with Crippen LogP contribution in [0.5, 0.6) is 0 Å². The third kappa shape index (κ3) is 2.33. The zero-order valence-corrected chi connectivity index (χ0v) is 13.5. The van der Waals surface area contributed by atoms with Gasteiger partial charge in [0.15, 0.2) is 5.79 Å². The molecule has 4 nitrogen and oxygen atoms in total. The van der Waals surface area contributed by atoms with Crippen molar-refractivity contribution in [1.29, 1.82) is 0 Å². The van der Waals surface area contributed by atoms with Crippen LogP contribution in [0.15, 0.2) is 18.7 Å². The lowest BCUT2D eigenvalue weighted by atomic mass is 9.77. The highest BCUT2D eigenvalue weighted by Crippen LogP contribution is 2.59. The number of nitrogens with zero attached hydrogens (tertiary/aromatic N) is 2. The Hall–Kier alpha value is -0.840. The van der Waals surface area contributed by atoms with Gasteiger partial charge in [-0.05, 0) is 32.6 Å². The third-order valence-electron chi connectivity index (χ3n) is 5.05. The average Bonchev–Trinajstić information content (AvgIpc) is 3.02. The molecule has 5 heteroatoms. The van der Waals surface area contributed by atoms with Crippen molar-refractivity contribution in [2.75, 3.05) is 6.61 Å². The Morgan fingerprint density at radius 3 is 3.05 bits per heavy atom. The van der Waals surface area contributed by atoms with Gasteiger partial charge < -0.3 is 9.47 Å². The lowest BCUT2D eigenvalue weighted by Gasteiger charge is -2.40. The van der Waals surface area contributed by atoms with Gasteiger partial charge in [-0.15, -0.1) is 6.58 Å². The van der Waals surface area contributed by atoms with Gasteiger partial charge in [0, 0.05) is 24.9 Å². The predicted octanol–water partition coefficient (Wildman–Crippen LogP) is 4.01. The summed E-state index contributed by atoms with van der Waals surface area (Å²) in [5.74, 6) is -0.482. The number of halogens is 1. The number of rotatable bonds is 5. The van der Waals surface area contributed by atoms with Gasteiger partial charge in [-0.1, -0.05) is 17.7 Å². The molecular weight excluding hydrogens is 288 g/mol. The van der Waals surface area contributed by atoms with Crippen molar-refractivity contribution in [2.45, 2.75) is 50.9 Å². The summed E-state index contributed by atoms with van der Waals surface area (Å²) in [6, 6.07) is 1.86. The maximum absolute atomic E-state index is 6.43. The summed E-state index contributed by atoms with van der Waals surface area (Å²) in [6.45, 7) is 6.71. The van der Waals surface area contributed by atoms with Gasteiger partial charge in [-0.25, -0.2) is 0 Å². The summed E-state index contributed by atoms with van der Waals surface area (Å²) in [6.07, 6.45) is 7.10. The number of hydrogen-bond acceptors (Lipinski definition) is 3. The molecule has 1 aromatic rings. The Labute approximate surface area is 131 Å². The van der Waals surface area contributed by atoms with Crippen LogP contribution in [-0.2, 0) is 16.5 Å². The molecule has 0 amide bonds. The SMILES string of the molecule is C=CC[C@@]12CCC[C@]1(OC(C)c1cc(Cl)n(C)n1)OCC2. The van der Waals surface area contributed by atoms with E-state index in [-0.39, 0.29) is 11.5 Å². The predicted molar refractivity (Wildman–Crippen MR) is 82.1 cm³/mol. The van der Waals surface area contributed by atoms with Crippen LogP contribution in [0.25, 0.3) is 0 Å². The first-order valence-corrected chi connectivity index (χ1v) is 8.02. The van der Waals surface area contributed by atoms with Gasteiger partial charge in [0.1, 0.15) is 11.3 Å². The van der Waals surface area contributed by atoms with Gasteiger partial charge in [0.25, 0.3) is 0 Å². The molecular formula is C16H23ClN2O2. The van der Waals surface area contributed by atoms with E-state index in [9.17, 15) is 0 Å². The zero-order valence-electron chi connectivity index (χ0n) is 12.8. The van der Waals surface area contributed by atoms with Gasteiger partial charge in [-0.2, -0.15) is 5.10 Å². The van der Waals surface area contributed by atoms with Crippen molar-refractivity contribution in [3.05, 3.63) is 29.6 Å². The first-order chi connectivity index (χ1) is 10.0. The van der Waals surface area contributed by atoms with Crippen LogP contribution in [0, 0.1) is 5.41 Å². The number of aryl methyl sites for hydroxylation is 1. The number of allylic oxidation sites excluding steroid dienone is 1. The lowest BCUT2D eigenvalue weighted by molar-refractivity contribution is -0.268. The Morgan fingerprint density at radius 1 is 1.57 bits per heavy atom. The van der Waals surface area contributed by atoms with Crippen LogP contribution >= 0.6 is 11.6 Å².